The number of nitrogens with zero attached hydrogens (tertiary/aromatic N) is 2. The Balaban J connectivity index is 1.84. The molecule has 0 spiro atoms. The summed E-state index contributed by atoms with van der Waals surface area (Å²) in [7, 11) is -3.60. The molecule has 7 nitrogen and oxygen atoms in total. The van der Waals surface area contributed by atoms with Crippen molar-refractivity contribution in [2.24, 2.45) is 0 Å². The molecule has 3 aromatic carbocycles. The van der Waals surface area contributed by atoms with Crippen molar-refractivity contribution in [3.8, 4) is 0 Å². The Bertz CT molecular complexity index is 1130. The van der Waals surface area contributed by atoms with Gasteiger partial charge >= 0.3 is 7.60 Å². The van der Waals surface area contributed by atoms with E-state index in [-0.39, 0.29) is 30.0 Å². The van der Waals surface area contributed by atoms with Crippen LogP contribution in [0.25, 0.3) is 0 Å². The van der Waals surface area contributed by atoms with Crippen LogP contribution in [0, 0.1) is 10.1 Å². The first kappa shape index (κ1) is 25.3. The SMILES string of the molecule is CC(C)OP(=O)(OC(C)C)[C@H]1[C@@H](c2ccc([N+](=O)[O-])cc2)N1C(c1ccccc1)c1ccccc1. The van der Waals surface area contributed by atoms with E-state index in [2.05, 4.69) is 29.2 Å². The molecule has 0 radical (unpaired) electrons. The van der Waals surface area contributed by atoms with Crippen LogP contribution < -0.4 is 0 Å². The maximum absolute atomic E-state index is 14.3. The molecular formula is C27H31N2O5P. The second-order valence-electron chi connectivity index (χ2n) is 9.23. The van der Waals surface area contributed by atoms with Crippen LogP contribution in [0.4, 0.5) is 5.69 Å². The number of nitro groups is 1. The average molecular weight is 495 g/mol. The van der Waals surface area contributed by atoms with Gasteiger partial charge in [-0.25, -0.2) is 0 Å². The molecule has 0 aliphatic carbocycles. The highest BCUT2D eigenvalue weighted by Crippen LogP contribution is 2.71. The zero-order valence-electron chi connectivity index (χ0n) is 20.4. The Labute approximate surface area is 206 Å². The summed E-state index contributed by atoms with van der Waals surface area (Å²) in [5.74, 6) is -0.542. The fraction of sp³-hybridized carbons (Fsp3) is 0.333. The van der Waals surface area contributed by atoms with E-state index in [1.165, 1.54) is 12.1 Å². The van der Waals surface area contributed by atoms with Crippen LogP contribution in [0.15, 0.2) is 84.9 Å². The van der Waals surface area contributed by atoms with E-state index in [4.69, 9.17) is 9.05 Å². The highest BCUT2D eigenvalue weighted by atomic mass is 31.2. The van der Waals surface area contributed by atoms with E-state index in [0.29, 0.717) is 0 Å². The number of hydrogen-bond donors (Lipinski definition) is 0. The molecular weight excluding hydrogens is 463 g/mol. The predicted octanol–water partition coefficient (Wildman–Crippen LogP) is 7.11. The van der Waals surface area contributed by atoms with Crippen molar-refractivity contribution in [1.82, 2.24) is 4.90 Å². The fourth-order valence-electron chi connectivity index (χ4n) is 4.57. The molecule has 1 aliphatic heterocycles. The van der Waals surface area contributed by atoms with Crippen LogP contribution in [-0.2, 0) is 13.6 Å². The van der Waals surface area contributed by atoms with Gasteiger partial charge in [-0.05, 0) is 44.4 Å². The van der Waals surface area contributed by atoms with Crippen molar-refractivity contribution >= 4 is 13.3 Å². The molecule has 0 saturated carbocycles. The van der Waals surface area contributed by atoms with Gasteiger partial charge in [-0.15, -0.1) is 0 Å². The Morgan fingerprint density at radius 2 is 1.26 bits per heavy atom. The van der Waals surface area contributed by atoms with Crippen molar-refractivity contribution in [3.63, 3.8) is 0 Å². The van der Waals surface area contributed by atoms with Crippen molar-refractivity contribution in [2.45, 2.75) is 57.8 Å². The average Bonchev–Trinajstić information content (AvgIpc) is 3.56. The van der Waals surface area contributed by atoms with Gasteiger partial charge in [0.2, 0.25) is 0 Å². The van der Waals surface area contributed by atoms with Crippen molar-refractivity contribution < 1.29 is 18.5 Å². The van der Waals surface area contributed by atoms with Gasteiger partial charge < -0.3 is 9.05 Å². The molecule has 1 aliphatic rings. The first-order valence-corrected chi connectivity index (χ1v) is 13.4. The van der Waals surface area contributed by atoms with Crippen LogP contribution in [0.1, 0.15) is 56.5 Å². The monoisotopic (exact) mass is 494 g/mol. The molecule has 0 bridgehead atoms. The number of non-ortho nitro benzene ring substituents is 1. The van der Waals surface area contributed by atoms with E-state index >= 15 is 0 Å². The molecule has 35 heavy (non-hydrogen) atoms. The summed E-state index contributed by atoms with van der Waals surface area (Å²) in [6.07, 6.45) is -0.599. The predicted molar refractivity (Wildman–Crippen MR) is 136 cm³/mol. The molecule has 1 unspecified atom stereocenters. The zero-order valence-corrected chi connectivity index (χ0v) is 21.2. The largest absolute Gasteiger partial charge is 0.350 e. The van der Waals surface area contributed by atoms with Crippen LogP contribution in [-0.4, -0.2) is 27.8 Å². The Morgan fingerprint density at radius 1 is 0.800 bits per heavy atom. The topological polar surface area (TPSA) is 81.7 Å². The van der Waals surface area contributed by atoms with Crippen molar-refractivity contribution in [1.29, 1.82) is 0 Å². The van der Waals surface area contributed by atoms with Gasteiger partial charge in [0.25, 0.3) is 5.69 Å². The molecule has 0 amide bonds. The third kappa shape index (κ3) is 5.54. The number of rotatable bonds is 10. The molecule has 4 rings (SSSR count). The first-order chi connectivity index (χ1) is 16.7. The zero-order chi connectivity index (χ0) is 25.2. The maximum Gasteiger partial charge on any atom is 0.350 e. The van der Waals surface area contributed by atoms with E-state index < -0.39 is 18.3 Å². The van der Waals surface area contributed by atoms with Crippen molar-refractivity contribution in [2.75, 3.05) is 0 Å². The summed E-state index contributed by atoms with van der Waals surface area (Å²) < 4.78 is 26.4. The van der Waals surface area contributed by atoms with Gasteiger partial charge in [-0.3, -0.25) is 19.6 Å². The van der Waals surface area contributed by atoms with Gasteiger partial charge in [0.15, 0.2) is 0 Å². The molecule has 3 aromatic rings. The lowest BCUT2D eigenvalue weighted by atomic mass is 9.98. The van der Waals surface area contributed by atoms with Crippen LogP contribution in [0.3, 0.4) is 0 Å². The van der Waals surface area contributed by atoms with Gasteiger partial charge in [0.05, 0.1) is 29.2 Å². The molecule has 0 aromatic heterocycles. The number of benzene rings is 3. The lowest BCUT2D eigenvalue weighted by Gasteiger charge is -2.25. The molecule has 184 valence electrons. The summed E-state index contributed by atoms with van der Waals surface area (Å²) in [5, 5.41) is 11.2. The third-order valence-corrected chi connectivity index (χ3v) is 8.46. The summed E-state index contributed by atoms with van der Waals surface area (Å²) in [5.41, 5.74) is 2.94. The third-order valence-electron chi connectivity index (χ3n) is 5.83. The minimum atomic E-state index is -3.60. The normalized spacial score (nSPS) is 19.9. The fourth-order valence-corrected chi connectivity index (χ4v) is 7.24. The van der Waals surface area contributed by atoms with E-state index in [1.807, 2.05) is 64.1 Å². The Hall–Kier alpha value is -2.83. The smallest absolute Gasteiger partial charge is 0.305 e. The second kappa shape index (κ2) is 10.4. The summed E-state index contributed by atoms with van der Waals surface area (Å²) in [6, 6.07) is 26.0. The van der Waals surface area contributed by atoms with E-state index in [0.717, 1.165) is 16.7 Å². The molecule has 1 saturated heterocycles. The number of hydrogen-bond acceptors (Lipinski definition) is 6. The second-order valence-corrected chi connectivity index (χ2v) is 11.3. The Kier molecular flexibility index (Phi) is 7.53. The number of nitro benzene ring substituents is 1. The summed E-state index contributed by atoms with van der Waals surface area (Å²) in [6.45, 7) is 7.37. The van der Waals surface area contributed by atoms with E-state index in [1.54, 1.807) is 12.1 Å². The van der Waals surface area contributed by atoms with Gasteiger partial charge in [-0.2, -0.15) is 0 Å². The molecule has 3 atom stereocenters. The maximum atomic E-state index is 14.3. The van der Waals surface area contributed by atoms with Crippen LogP contribution in [0.2, 0.25) is 0 Å². The van der Waals surface area contributed by atoms with Crippen molar-refractivity contribution in [3.05, 3.63) is 112 Å². The molecule has 8 heteroatoms. The lowest BCUT2D eigenvalue weighted by Crippen LogP contribution is -2.18. The first-order valence-electron chi connectivity index (χ1n) is 11.8. The quantitative estimate of drug-likeness (QED) is 0.129. The lowest BCUT2D eigenvalue weighted by molar-refractivity contribution is -0.384. The summed E-state index contributed by atoms with van der Waals surface area (Å²) >= 11 is 0. The summed E-state index contributed by atoms with van der Waals surface area (Å²) in [4.78, 5) is 12.9. The minimum absolute atomic E-state index is 0.0141. The minimum Gasteiger partial charge on any atom is -0.305 e. The molecule has 1 heterocycles. The Morgan fingerprint density at radius 3 is 1.66 bits per heavy atom. The van der Waals surface area contributed by atoms with E-state index in [9.17, 15) is 14.7 Å². The van der Waals surface area contributed by atoms with Crippen LogP contribution >= 0.6 is 7.60 Å². The standard InChI is InChI=1S/C27H31N2O5P/c1-19(2)33-35(32,34-20(3)4)27-26(23-15-17-24(18-16-23)29(30)31)28(27)25(21-11-7-5-8-12-21)22-13-9-6-10-14-22/h5-20,25-27H,1-4H3/t26-,27+,28?/m1/s1. The molecule has 0 N–H and O–H groups in total. The molecule has 1 fully saturated rings. The van der Waals surface area contributed by atoms with Crippen LogP contribution in [0.5, 0.6) is 0 Å². The van der Waals surface area contributed by atoms with Gasteiger partial charge in [-0.1, -0.05) is 72.8 Å². The van der Waals surface area contributed by atoms with Gasteiger partial charge in [0, 0.05) is 12.1 Å². The highest BCUT2D eigenvalue weighted by molar-refractivity contribution is 7.55. The highest BCUT2D eigenvalue weighted by Gasteiger charge is 2.64. The van der Waals surface area contributed by atoms with Gasteiger partial charge in [0.1, 0.15) is 5.78 Å².